The molecule has 8 heterocycles. The average Bonchev–Trinajstić information content (AvgIpc) is 1.64. The van der Waals surface area contributed by atoms with Crippen LogP contribution < -0.4 is 47.0 Å². The van der Waals surface area contributed by atoms with Crippen molar-refractivity contribution in [3.63, 3.8) is 0 Å². The summed E-state index contributed by atoms with van der Waals surface area (Å²) in [7, 11) is 5.44. The number of ketones is 1. The Bertz CT molecular complexity index is 4180. The number of benzene rings is 3. The van der Waals surface area contributed by atoms with Crippen LogP contribution in [0.4, 0.5) is 15.8 Å². The van der Waals surface area contributed by atoms with Crippen molar-refractivity contribution in [3.05, 3.63) is 117 Å². The molecule has 0 unspecified atom stereocenters. The van der Waals surface area contributed by atoms with E-state index in [0.29, 0.717) is 48.7 Å². The van der Waals surface area contributed by atoms with Gasteiger partial charge in [0.25, 0.3) is 17.6 Å². The predicted octanol–water partition coefficient (Wildman–Crippen LogP) is 5.27. The van der Waals surface area contributed by atoms with Gasteiger partial charge in [-0.25, -0.2) is 15.0 Å². The molecule has 2 aromatic heterocycles. The van der Waals surface area contributed by atoms with Gasteiger partial charge >= 0.3 is 17.7 Å². The van der Waals surface area contributed by atoms with Gasteiger partial charge in [0.2, 0.25) is 5.43 Å². The number of nitrogens with two attached hydrogens (primary N) is 1. The second-order valence-electron chi connectivity index (χ2n) is 28.3. The van der Waals surface area contributed by atoms with Gasteiger partial charge in [-0.05, 0) is 72.0 Å². The van der Waals surface area contributed by atoms with Gasteiger partial charge in [0.05, 0.1) is 83.1 Å². The first-order valence-corrected chi connectivity index (χ1v) is 36.6. The highest BCUT2D eigenvalue weighted by molar-refractivity contribution is 6.24. The van der Waals surface area contributed by atoms with Gasteiger partial charge in [-0.3, -0.25) is 39.4 Å². The molecular weight excluding hydrogens is 1420 g/mol. The number of pyridine rings is 2. The number of hydrazone groups is 1. The van der Waals surface area contributed by atoms with Crippen LogP contribution in [0.25, 0.3) is 21.7 Å². The van der Waals surface area contributed by atoms with Crippen LogP contribution in [-0.4, -0.2) is 250 Å². The second kappa shape index (κ2) is 39.3. The molecule has 12 atom stereocenters. The number of ether oxygens (including phenoxy) is 5. The number of rotatable bonds is 16. The monoisotopic (exact) mass is 1520 g/mol. The number of likely N-dealkylation sites (N-methyl/N-ethyl adjacent to an activating group) is 2. The summed E-state index contributed by atoms with van der Waals surface area (Å²) in [6.07, 6.45) is 11.1. The minimum atomic E-state index is -2.04. The number of aromatic hydroxyl groups is 3. The number of halogens is 1. The first-order chi connectivity index (χ1) is 51.7. The number of hydrogen-bond acceptors (Lipinski definition) is 27. The Kier molecular flexibility index (Phi) is 31.4. The van der Waals surface area contributed by atoms with Crippen molar-refractivity contribution in [2.45, 2.75) is 137 Å². The molecule has 2 saturated heterocycles. The van der Waals surface area contributed by atoms with E-state index in [1.54, 1.807) is 61.6 Å². The lowest BCUT2D eigenvalue weighted by Gasteiger charge is -2.38. The van der Waals surface area contributed by atoms with Crippen LogP contribution in [0.1, 0.15) is 130 Å². The molecule has 11 rings (SSSR count). The number of hydrazine groups is 1. The lowest BCUT2D eigenvalue weighted by molar-refractivity contribution is -0.160. The number of nitrogen functional groups attached to an aromatic ring is 1. The Morgan fingerprint density at radius 3 is 2.01 bits per heavy atom. The Morgan fingerprint density at radius 1 is 0.844 bits per heavy atom. The van der Waals surface area contributed by atoms with Crippen molar-refractivity contribution in [3.8, 4) is 28.7 Å². The van der Waals surface area contributed by atoms with Crippen molar-refractivity contribution in [1.82, 2.24) is 40.4 Å². The molecule has 0 spiro atoms. The first kappa shape index (κ1) is 86.9. The van der Waals surface area contributed by atoms with E-state index in [1.165, 1.54) is 78.0 Å². The molecule has 2 amide bonds. The average molecular weight is 1530 g/mol. The first-order valence-electron chi connectivity index (χ1n) is 36.6. The molecule has 0 radical (unpaired) electrons. The molecule has 0 saturated carbocycles. The maximum absolute atomic E-state index is 15.0. The number of anilines is 2. The number of carbonyl (C=O) groups excluding carboxylic acids is 4. The van der Waals surface area contributed by atoms with Crippen molar-refractivity contribution in [2.24, 2.45) is 34.6 Å². The molecule has 6 aliphatic rings. The van der Waals surface area contributed by atoms with Gasteiger partial charge in [0.1, 0.15) is 41.2 Å². The number of methoxy groups -OCH3 is 1. The van der Waals surface area contributed by atoms with E-state index >= 15 is 0 Å². The number of phenolic OH excluding ortho intramolecular Hbond substituents is 3. The van der Waals surface area contributed by atoms with Crippen LogP contribution in [0, 0.1) is 36.4 Å². The molecule has 598 valence electrons. The van der Waals surface area contributed by atoms with Crippen molar-refractivity contribution in [1.29, 1.82) is 0 Å². The van der Waals surface area contributed by atoms with Crippen molar-refractivity contribution in [2.75, 3.05) is 117 Å². The van der Waals surface area contributed by atoms with Crippen LogP contribution in [0.15, 0.2) is 82.8 Å². The van der Waals surface area contributed by atoms with E-state index in [1.807, 2.05) is 45.2 Å². The number of nitrogens with one attached hydrogen (secondary N) is 4. The number of aromatic nitrogens is 2. The van der Waals surface area contributed by atoms with E-state index < -0.39 is 106 Å². The Hall–Kier alpha value is -9.35. The lowest BCUT2D eigenvalue weighted by atomic mass is 9.78. The third-order valence-electron chi connectivity index (χ3n) is 20.5. The number of phenols is 3. The molecule has 31 nitrogen and oxygen atoms in total. The molecular formula is C77H109FN12O19. The fourth-order valence-corrected chi connectivity index (χ4v) is 13.4. The van der Waals surface area contributed by atoms with Crippen molar-refractivity contribution >= 4 is 68.8 Å². The number of aromatic carboxylic acids is 1. The smallest absolute Gasteiger partial charge is 0.341 e. The summed E-state index contributed by atoms with van der Waals surface area (Å²) in [6, 6.07) is 4.57. The summed E-state index contributed by atoms with van der Waals surface area (Å²) in [6.45, 7) is 26.3. The number of allylic oxidation sites excluding steroid dienone is 2. The summed E-state index contributed by atoms with van der Waals surface area (Å²) in [5.41, 5.74) is 1.95. The lowest BCUT2D eigenvalue weighted by Crippen LogP contribution is -2.46. The van der Waals surface area contributed by atoms with E-state index in [0.717, 1.165) is 58.2 Å². The largest absolute Gasteiger partial charge is 0.507 e. The maximum Gasteiger partial charge on any atom is 0.341 e. The topological polar surface area (TPSA) is 428 Å². The SMILES string of the molecule is CC[C@@H](CO)NCCN[C@@H](CC)CO.CO[C@H]1/C=C/O[C@@]2(C)Oc3c(C)c(O)c4c(O)c(c(/C=N/N5CCN(C)CC5)c(O)c4c3C2=O)NC(=O)/C(C)=C\C=C\[C@@H](C)[C@@H](O)[C@@H](C)[C@H](O)[C@H](C)[C@H](OC(C)=O)[C@@H]1C.C[C@H]1COc2c(N3CCN(C)CC3)c(F)cc3c(=O)c(C(=O)O)cn1c23.NNC(=O)c1ccncc1. The Balaban J connectivity index is 0.000000266. The van der Waals surface area contributed by atoms with Gasteiger partial charge in [-0.15, -0.1) is 0 Å². The summed E-state index contributed by atoms with van der Waals surface area (Å²) >= 11 is 0. The molecule has 109 heavy (non-hydrogen) atoms. The van der Waals surface area contributed by atoms with E-state index in [-0.39, 0.29) is 99.3 Å². The predicted molar refractivity (Wildman–Crippen MR) is 410 cm³/mol. The van der Waals surface area contributed by atoms with Crippen LogP contribution in [0.3, 0.4) is 0 Å². The van der Waals surface area contributed by atoms with E-state index in [4.69, 9.17) is 39.7 Å². The zero-order valence-electron chi connectivity index (χ0n) is 64.5. The summed E-state index contributed by atoms with van der Waals surface area (Å²) in [4.78, 5) is 85.2. The third-order valence-corrected chi connectivity index (χ3v) is 20.5. The van der Waals surface area contributed by atoms with Gasteiger partial charge in [-0.1, -0.05) is 59.8 Å². The minimum Gasteiger partial charge on any atom is -0.507 e. The van der Waals surface area contributed by atoms with Gasteiger partial charge in [0.15, 0.2) is 17.3 Å². The molecule has 5 aromatic rings. The number of esters is 1. The molecule has 32 heteroatoms. The maximum atomic E-state index is 15.0. The standard InChI is InChI=1S/C43H58N4O12.C18H20FN3O4.C10H24N2O2.C6H7N3O/c1-21-12-11-13-22(2)42(55)45-33-28(20-44-47-17-15-46(9)16-18-47)37(52)30-31(38(33)53)36(51)26(6)40-32(30)41(54)43(8,59-40)57-19-14-29(56-10)23(3)39(58-27(7)48)25(5)35(50)24(4)34(21)49;1-10-9-26-17-14-11(16(23)12(18(24)25)8-22(10)14)7-13(19)15(17)21-5-3-20(2)4-6-21;1-3-9(7-13)11-5-6-12-10(4-2)8-14;7-9-6(10)5-1-3-8-4-2-5/h11-14,19-21,23-25,29,34-35,39,49-53H,15-18H2,1-10H3,(H,45,55);7-8,10H,3-6,9H2,1-2H3,(H,24,25);9-14H,3-8H2,1-2H3;1-4H,7H2,(H,9,10)/b12-11+,19-14+,22-13-,44-20+;;;/t21-,23-,24-,25+,29+,34-,35+,39-,43+;10-;9-,10-;/m100./s1. The Morgan fingerprint density at radius 2 is 1.45 bits per heavy atom. The third kappa shape index (κ3) is 20.6. The molecule has 0 aliphatic carbocycles. The number of amides is 2. The van der Waals surface area contributed by atoms with Crippen LogP contribution >= 0.6 is 0 Å². The highest BCUT2D eigenvalue weighted by Crippen LogP contribution is 2.55. The summed E-state index contributed by atoms with van der Waals surface area (Å²) in [5, 5.41) is 100. The van der Waals surface area contributed by atoms with Gasteiger partial charge < -0.3 is 99.8 Å². The Labute approximate surface area is 633 Å². The number of aliphatic hydroxyl groups excluding tert-OH is 4. The number of Topliss-reactive ketones (excluding diaryl/α,β-unsaturated/α-hetero) is 1. The fourth-order valence-electron chi connectivity index (χ4n) is 13.4. The minimum absolute atomic E-state index is 0.0434. The van der Waals surface area contributed by atoms with E-state index in [2.05, 4.69) is 35.8 Å². The number of hydrogen-bond donors (Lipinski definition) is 13. The number of carboxylic acid groups (broad SMARTS) is 1. The molecule has 3 aromatic carbocycles. The highest BCUT2D eigenvalue weighted by Gasteiger charge is 2.50. The summed E-state index contributed by atoms with van der Waals surface area (Å²) < 4.78 is 46.2. The van der Waals surface area contributed by atoms with Gasteiger partial charge in [0, 0.05) is 163 Å². The molecule has 5 bridgehead atoms. The summed E-state index contributed by atoms with van der Waals surface area (Å²) in [5.74, 6) is -5.30. The van der Waals surface area contributed by atoms with Crippen LogP contribution in [0.2, 0.25) is 0 Å². The van der Waals surface area contributed by atoms with E-state index in [9.17, 15) is 63.8 Å². The molecule has 14 N–H and O–H groups in total. The molecule has 2 fully saturated rings. The molecule has 6 aliphatic heterocycles. The van der Waals surface area contributed by atoms with Crippen molar-refractivity contribution < 1.29 is 92.9 Å². The second-order valence-corrected chi connectivity index (χ2v) is 28.3. The van der Waals surface area contributed by atoms with Crippen LogP contribution in [-0.2, 0) is 23.8 Å². The number of aliphatic hydroxyl groups is 4. The van der Waals surface area contributed by atoms with Gasteiger partial charge in [-0.2, -0.15) is 5.10 Å². The quantitative estimate of drug-likeness (QED) is 0.00874. The number of carbonyl (C=O) groups is 5. The number of carboxylic acids is 1. The highest BCUT2D eigenvalue weighted by atomic mass is 19.1. The van der Waals surface area contributed by atoms with Crippen LogP contribution in [0.5, 0.6) is 28.7 Å². The fraction of sp³-hybridized carbons (Fsp3) is 0.532. The zero-order valence-corrected chi connectivity index (χ0v) is 64.5. The zero-order chi connectivity index (χ0) is 80.5. The number of fused-ring (bicyclic) bond motifs is 14. The number of nitrogens with zero attached hydrogens (tertiary/aromatic N) is 7. The normalized spacial score (nSPS) is 25.0. The number of piperazine rings is 2.